The van der Waals surface area contributed by atoms with Gasteiger partial charge in [-0.15, -0.1) is 24.8 Å². The molecule has 13 heteroatoms. The fraction of sp³-hybridized carbons (Fsp3) is 0.458. The number of halogens is 3. The number of rotatable bonds is 4. The number of hydrogen-bond acceptors (Lipinski definition) is 9. The topological polar surface area (TPSA) is 165 Å². The fourth-order valence-corrected chi connectivity index (χ4v) is 6.09. The number of ketones is 2. The van der Waals surface area contributed by atoms with Crippen molar-refractivity contribution in [3.63, 3.8) is 0 Å². The molecule has 3 aliphatic rings. The maximum Gasteiger partial charge on any atom is 0.255 e. The lowest BCUT2D eigenvalue weighted by molar-refractivity contribution is -0.153. The second-order valence-corrected chi connectivity index (χ2v) is 10.3. The molecule has 204 valence electrons. The Morgan fingerprint density at radius 2 is 1.76 bits per heavy atom. The third kappa shape index (κ3) is 4.39. The lowest BCUT2D eigenvalue weighted by Gasteiger charge is -2.50. The molecular formula is C24H30Cl3N3O7. The third-order valence-corrected chi connectivity index (χ3v) is 7.69. The van der Waals surface area contributed by atoms with Gasteiger partial charge in [0.05, 0.1) is 11.6 Å². The van der Waals surface area contributed by atoms with Crippen LogP contribution in [0.4, 0.5) is 0 Å². The summed E-state index contributed by atoms with van der Waals surface area (Å²) in [4.78, 5) is 42.1. The quantitative estimate of drug-likeness (QED) is 0.333. The number of aromatic hydroxyl groups is 1. The van der Waals surface area contributed by atoms with Crippen molar-refractivity contribution in [1.82, 2.24) is 9.80 Å². The highest BCUT2D eigenvalue weighted by Crippen LogP contribution is 2.53. The molecule has 0 bridgehead atoms. The Hall–Kier alpha value is -2.34. The zero-order valence-corrected chi connectivity index (χ0v) is 23.0. The first-order chi connectivity index (χ1) is 16.2. The summed E-state index contributed by atoms with van der Waals surface area (Å²) in [6.07, 6.45) is 0.170. The zero-order chi connectivity index (χ0) is 26.1. The number of nitrogens with zero attached hydrogens (tertiary/aromatic N) is 2. The predicted molar refractivity (Wildman–Crippen MR) is 141 cm³/mol. The lowest BCUT2D eigenvalue weighted by Crippen LogP contribution is -2.65. The molecular weight excluding hydrogens is 549 g/mol. The molecule has 0 saturated heterocycles. The maximum atomic E-state index is 13.7. The predicted octanol–water partition coefficient (Wildman–Crippen LogP) is 1.52. The summed E-state index contributed by atoms with van der Waals surface area (Å²) < 4.78 is 0. The van der Waals surface area contributed by atoms with Crippen molar-refractivity contribution in [2.75, 3.05) is 28.2 Å². The summed E-state index contributed by atoms with van der Waals surface area (Å²) in [6, 6.07) is 0.281. The van der Waals surface area contributed by atoms with Crippen LogP contribution in [-0.2, 0) is 27.3 Å². The van der Waals surface area contributed by atoms with Crippen LogP contribution in [0.2, 0.25) is 5.02 Å². The minimum Gasteiger partial charge on any atom is -0.508 e. The van der Waals surface area contributed by atoms with Gasteiger partial charge in [-0.2, -0.15) is 0 Å². The summed E-state index contributed by atoms with van der Waals surface area (Å²) in [6.45, 7) is 0.425. The van der Waals surface area contributed by atoms with Gasteiger partial charge in [0.25, 0.3) is 5.91 Å². The summed E-state index contributed by atoms with van der Waals surface area (Å²) in [5.74, 6) is -6.86. The molecule has 37 heavy (non-hydrogen) atoms. The molecule has 6 N–H and O–H groups in total. The minimum absolute atomic E-state index is 0. The van der Waals surface area contributed by atoms with Crippen molar-refractivity contribution in [2.45, 2.75) is 31.0 Å². The van der Waals surface area contributed by atoms with Gasteiger partial charge in [0.15, 0.2) is 11.4 Å². The monoisotopic (exact) mass is 577 g/mol. The number of likely N-dealkylation sites (N-methyl/N-ethyl adjacent to an activating group) is 1. The molecule has 1 aromatic rings. The molecule has 10 nitrogen and oxygen atoms in total. The molecule has 3 aliphatic carbocycles. The summed E-state index contributed by atoms with van der Waals surface area (Å²) >= 11 is 6.65. The number of fused-ring (bicyclic) bond motifs is 3. The molecule has 1 saturated carbocycles. The van der Waals surface area contributed by atoms with Crippen LogP contribution in [0, 0.1) is 11.8 Å². The van der Waals surface area contributed by atoms with Crippen molar-refractivity contribution in [3.8, 4) is 5.75 Å². The molecule has 4 rings (SSSR count). The van der Waals surface area contributed by atoms with Crippen LogP contribution in [0.25, 0.3) is 5.76 Å². The van der Waals surface area contributed by atoms with Gasteiger partial charge < -0.3 is 31.1 Å². The van der Waals surface area contributed by atoms with E-state index in [1.807, 2.05) is 19.0 Å². The third-order valence-electron chi connectivity index (χ3n) is 7.22. The van der Waals surface area contributed by atoms with Gasteiger partial charge in [0, 0.05) is 23.1 Å². The number of primary amides is 1. The standard InChI is InChI=1S/C24H28ClN3O7.2ClH/c1-27(2)8-10-7-13(29)15-11(17(10)25)5-9-6-12-18(28(3)4)20(31)16(23(26)34)22(33)24(12,35)21(32)14(9)19(15)30;;/h7,9,12,18,29-30,33,35H,5-6,8H2,1-4H3,(H2,26,34);2*1H/t9-,12-,18-,24-;;/m0../s1. The fourth-order valence-electron chi connectivity index (χ4n) is 5.80. The SMILES string of the molecule is CN(C)Cc1cc(O)c2c(c1Cl)C[C@H]1C[C@H]3[C@H](N(C)C)C(=O)C(C(N)=O)=C(O)[C@@]3(O)C(=O)C1=C2O.Cl.Cl. The second-order valence-electron chi connectivity index (χ2n) is 9.92. The van der Waals surface area contributed by atoms with Gasteiger partial charge in [0.2, 0.25) is 5.78 Å². The normalized spacial score (nSPS) is 26.9. The average molecular weight is 579 g/mol. The van der Waals surface area contributed by atoms with E-state index in [1.54, 1.807) is 14.1 Å². The second kappa shape index (κ2) is 10.4. The number of amides is 1. The summed E-state index contributed by atoms with van der Waals surface area (Å²) in [7, 11) is 6.78. The van der Waals surface area contributed by atoms with Gasteiger partial charge in [-0.3, -0.25) is 19.3 Å². The highest BCUT2D eigenvalue weighted by molar-refractivity contribution is 6.32. The molecule has 0 heterocycles. The van der Waals surface area contributed by atoms with Crippen LogP contribution < -0.4 is 5.73 Å². The number of carbonyl (C=O) groups is 3. The molecule has 1 amide bonds. The number of phenols is 1. The first kappa shape index (κ1) is 30.9. The van der Waals surface area contributed by atoms with Gasteiger partial charge in [-0.1, -0.05) is 11.6 Å². The smallest absolute Gasteiger partial charge is 0.255 e. The van der Waals surface area contributed by atoms with Crippen molar-refractivity contribution >= 4 is 59.6 Å². The molecule has 1 fully saturated rings. The highest BCUT2D eigenvalue weighted by atomic mass is 35.5. The van der Waals surface area contributed by atoms with Gasteiger partial charge >= 0.3 is 0 Å². The van der Waals surface area contributed by atoms with Crippen LogP contribution in [-0.4, -0.2) is 87.5 Å². The molecule has 0 radical (unpaired) electrons. The first-order valence-electron chi connectivity index (χ1n) is 11.1. The average Bonchev–Trinajstić information content (AvgIpc) is 2.73. The molecule has 0 unspecified atom stereocenters. The van der Waals surface area contributed by atoms with Crippen LogP contribution >= 0.6 is 36.4 Å². The number of carbonyl (C=O) groups excluding carboxylic acids is 3. The van der Waals surface area contributed by atoms with E-state index in [4.69, 9.17) is 17.3 Å². The van der Waals surface area contributed by atoms with Crippen LogP contribution in [0.5, 0.6) is 5.75 Å². The van der Waals surface area contributed by atoms with E-state index in [0.717, 1.165) is 0 Å². The lowest BCUT2D eigenvalue weighted by atomic mass is 9.57. The van der Waals surface area contributed by atoms with E-state index >= 15 is 0 Å². The van der Waals surface area contributed by atoms with Crippen molar-refractivity contribution in [3.05, 3.63) is 44.7 Å². The summed E-state index contributed by atoms with van der Waals surface area (Å²) in [5, 5.41) is 44.6. The van der Waals surface area contributed by atoms with Crippen LogP contribution in [0.15, 0.2) is 23.0 Å². The first-order valence-corrected chi connectivity index (χ1v) is 11.4. The Morgan fingerprint density at radius 1 is 1.16 bits per heavy atom. The van der Waals surface area contributed by atoms with E-state index in [0.29, 0.717) is 22.7 Å². The Morgan fingerprint density at radius 3 is 2.27 bits per heavy atom. The van der Waals surface area contributed by atoms with Crippen molar-refractivity contribution < 1.29 is 34.8 Å². The Labute approximate surface area is 231 Å². The number of phenolic OH excluding ortho intramolecular Hbond substituents is 1. The molecule has 0 aromatic heterocycles. The largest absolute Gasteiger partial charge is 0.508 e. The molecule has 0 spiro atoms. The highest BCUT2D eigenvalue weighted by Gasteiger charge is 2.64. The van der Waals surface area contributed by atoms with E-state index in [2.05, 4.69) is 0 Å². The Balaban J connectivity index is 0.00000241. The molecule has 0 aliphatic heterocycles. The van der Waals surface area contributed by atoms with Gasteiger partial charge in [0.1, 0.15) is 22.8 Å². The van der Waals surface area contributed by atoms with Crippen molar-refractivity contribution in [2.24, 2.45) is 17.6 Å². The number of benzene rings is 1. The van der Waals surface area contributed by atoms with E-state index in [1.165, 1.54) is 11.0 Å². The van der Waals surface area contributed by atoms with Crippen molar-refractivity contribution in [1.29, 1.82) is 0 Å². The van der Waals surface area contributed by atoms with E-state index in [9.17, 15) is 34.8 Å². The van der Waals surface area contributed by atoms with Gasteiger partial charge in [-0.25, -0.2) is 0 Å². The maximum absolute atomic E-state index is 13.7. The minimum atomic E-state index is -2.66. The Kier molecular flexibility index (Phi) is 8.71. The van der Waals surface area contributed by atoms with Crippen LogP contribution in [0.1, 0.15) is 23.1 Å². The van der Waals surface area contributed by atoms with Crippen LogP contribution in [0.3, 0.4) is 0 Å². The number of nitrogens with two attached hydrogens (primary N) is 1. The molecule has 1 aromatic carbocycles. The van der Waals surface area contributed by atoms with E-state index < -0.39 is 58.0 Å². The van der Waals surface area contributed by atoms with E-state index in [-0.39, 0.29) is 54.5 Å². The number of aliphatic hydroxyl groups is 3. The Bertz CT molecular complexity index is 1240. The zero-order valence-electron chi connectivity index (χ0n) is 20.6. The summed E-state index contributed by atoms with van der Waals surface area (Å²) in [5.41, 5.74) is 2.67. The number of aliphatic hydroxyl groups excluding tert-OH is 2. The number of Topliss-reactive ketones (excluding diaryl/α,β-unsaturated/α-hetero) is 2. The number of hydrogen-bond donors (Lipinski definition) is 5. The molecule has 4 atom stereocenters. The van der Waals surface area contributed by atoms with Gasteiger partial charge in [-0.05, 0) is 64.1 Å².